The van der Waals surface area contributed by atoms with E-state index in [1.807, 2.05) is 0 Å². The van der Waals surface area contributed by atoms with Gasteiger partial charge in [-0.05, 0) is 61.4 Å². The van der Waals surface area contributed by atoms with E-state index in [0.717, 1.165) is 49.4 Å². The molecule has 2 nitrogen and oxygen atoms in total. The van der Waals surface area contributed by atoms with E-state index in [-0.39, 0.29) is 35.3 Å². The monoisotopic (exact) mass is 345 g/mol. The zero-order valence-electron chi connectivity index (χ0n) is 13.6. The van der Waals surface area contributed by atoms with Crippen LogP contribution in [0.1, 0.15) is 47.5 Å². The minimum absolute atomic E-state index is 0.0626. The summed E-state index contributed by atoms with van der Waals surface area (Å²) in [5, 5.41) is 0. The van der Waals surface area contributed by atoms with Gasteiger partial charge in [0.15, 0.2) is 0 Å². The predicted molar refractivity (Wildman–Crippen MR) is 87.7 cm³/mol. The number of rotatable bonds is 2. The number of nitrogens with zero attached hydrogens (tertiary/aromatic N) is 1. The smallest absolute Gasteiger partial charge is 0.254 e. The summed E-state index contributed by atoms with van der Waals surface area (Å²) in [6.45, 7) is 0. The van der Waals surface area contributed by atoms with Gasteiger partial charge in [-0.3, -0.25) is 4.79 Å². The highest BCUT2D eigenvalue weighted by molar-refractivity contribution is 5.95. The van der Waals surface area contributed by atoms with Crippen molar-refractivity contribution in [2.75, 3.05) is 0 Å². The average molecular weight is 345 g/mol. The van der Waals surface area contributed by atoms with Crippen LogP contribution in [0.25, 0.3) is 0 Å². The Morgan fingerprint density at radius 1 is 0.840 bits per heavy atom. The van der Waals surface area contributed by atoms with Crippen molar-refractivity contribution >= 4 is 5.91 Å². The van der Waals surface area contributed by atoms with Gasteiger partial charge in [0.2, 0.25) is 0 Å². The van der Waals surface area contributed by atoms with Crippen LogP contribution >= 0.6 is 0 Å². The number of piperidine rings is 1. The Bertz CT molecular complexity index is 771. The molecule has 1 amide bonds. The highest BCUT2D eigenvalue weighted by Gasteiger charge is 2.43. The molecule has 2 heterocycles. The summed E-state index contributed by atoms with van der Waals surface area (Å²) in [7, 11) is 0. The first-order chi connectivity index (χ1) is 12.0. The van der Waals surface area contributed by atoms with E-state index in [2.05, 4.69) is 0 Å². The lowest BCUT2D eigenvalue weighted by Crippen LogP contribution is -2.46. The molecule has 2 aliphatic rings. The van der Waals surface area contributed by atoms with Crippen LogP contribution in [0.15, 0.2) is 42.5 Å². The van der Waals surface area contributed by atoms with Gasteiger partial charge >= 0.3 is 0 Å². The first-order valence-corrected chi connectivity index (χ1v) is 8.55. The molecule has 5 heteroatoms. The number of amides is 1. The van der Waals surface area contributed by atoms with Gasteiger partial charge in [0.1, 0.15) is 17.5 Å². The van der Waals surface area contributed by atoms with Gasteiger partial charge < -0.3 is 4.90 Å². The van der Waals surface area contributed by atoms with Gasteiger partial charge in [-0.1, -0.05) is 12.1 Å². The van der Waals surface area contributed by atoms with E-state index in [1.165, 1.54) is 12.1 Å². The molecule has 130 valence electrons. The molecule has 0 spiro atoms. The number of halogens is 3. The first-order valence-electron chi connectivity index (χ1n) is 8.55. The molecule has 0 N–H and O–H groups in total. The maximum Gasteiger partial charge on any atom is 0.254 e. The van der Waals surface area contributed by atoms with Crippen LogP contribution in [0.5, 0.6) is 0 Å². The van der Waals surface area contributed by atoms with Crippen LogP contribution in [0, 0.1) is 17.5 Å². The minimum atomic E-state index is -0.739. The van der Waals surface area contributed by atoms with Crippen molar-refractivity contribution < 1.29 is 18.0 Å². The third-order valence-electron chi connectivity index (χ3n) is 5.42. The standard InChI is InChI=1S/C20H18F3NO/c21-15-3-1-12(2-4-15)13-9-18-5-6-19(10-13)24(18)20(25)14-7-16(22)11-17(23)8-14/h1-4,7-8,11,13,18-19H,5-6,9-10H2/t13-,18+,19-. The molecule has 0 aliphatic carbocycles. The average Bonchev–Trinajstić information content (AvgIpc) is 2.83. The van der Waals surface area contributed by atoms with E-state index in [9.17, 15) is 18.0 Å². The number of fused-ring (bicyclic) bond motifs is 2. The molecular formula is C20H18F3NO. The van der Waals surface area contributed by atoms with Crippen LogP contribution in [0.3, 0.4) is 0 Å². The highest BCUT2D eigenvalue weighted by Crippen LogP contribution is 2.43. The number of hydrogen-bond acceptors (Lipinski definition) is 1. The van der Waals surface area contributed by atoms with Crippen molar-refractivity contribution in [2.45, 2.75) is 43.7 Å². The topological polar surface area (TPSA) is 20.3 Å². The molecule has 2 aromatic rings. The normalized spacial score (nSPS) is 25.2. The van der Waals surface area contributed by atoms with Crippen LogP contribution < -0.4 is 0 Å². The predicted octanol–water partition coefficient (Wildman–Crippen LogP) is 4.65. The van der Waals surface area contributed by atoms with Crippen molar-refractivity contribution in [3.05, 3.63) is 71.0 Å². The van der Waals surface area contributed by atoms with E-state index in [4.69, 9.17) is 0 Å². The number of carbonyl (C=O) groups is 1. The summed E-state index contributed by atoms with van der Waals surface area (Å²) in [5.41, 5.74) is 1.15. The molecule has 3 atom stereocenters. The van der Waals surface area contributed by atoms with Crippen molar-refractivity contribution in [1.29, 1.82) is 0 Å². The summed E-state index contributed by atoms with van der Waals surface area (Å²) in [6.07, 6.45) is 3.38. The van der Waals surface area contributed by atoms with E-state index >= 15 is 0 Å². The summed E-state index contributed by atoms with van der Waals surface area (Å²) >= 11 is 0. The van der Waals surface area contributed by atoms with Crippen molar-refractivity contribution in [2.24, 2.45) is 0 Å². The molecule has 2 aromatic carbocycles. The quantitative estimate of drug-likeness (QED) is 0.775. The van der Waals surface area contributed by atoms with Gasteiger partial charge in [0.25, 0.3) is 5.91 Å². The van der Waals surface area contributed by atoms with Crippen molar-refractivity contribution in [3.8, 4) is 0 Å². The second-order valence-corrected chi connectivity index (χ2v) is 6.98. The van der Waals surface area contributed by atoms with E-state index < -0.39 is 11.6 Å². The number of hydrogen-bond donors (Lipinski definition) is 0. The maximum absolute atomic E-state index is 13.4. The van der Waals surface area contributed by atoms with Crippen molar-refractivity contribution in [1.82, 2.24) is 4.90 Å². The van der Waals surface area contributed by atoms with Crippen LogP contribution in [0.4, 0.5) is 13.2 Å². The summed E-state index contributed by atoms with van der Waals surface area (Å²) in [6, 6.07) is 9.62. The fourth-order valence-corrected chi connectivity index (χ4v) is 4.34. The number of benzene rings is 2. The van der Waals surface area contributed by atoms with Crippen LogP contribution in [0.2, 0.25) is 0 Å². The largest absolute Gasteiger partial charge is 0.333 e. The first kappa shape index (κ1) is 16.2. The van der Waals surface area contributed by atoms with Gasteiger partial charge in [-0.25, -0.2) is 13.2 Å². The zero-order chi connectivity index (χ0) is 17.6. The molecule has 0 aromatic heterocycles. The maximum atomic E-state index is 13.4. The lowest BCUT2D eigenvalue weighted by Gasteiger charge is -2.39. The summed E-state index contributed by atoms with van der Waals surface area (Å²) in [4.78, 5) is 14.6. The minimum Gasteiger partial charge on any atom is -0.333 e. The molecule has 0 radical (unpaired) electrons. The third-order valence-corrected chi connectivity index (χ3v) is 5.42. The van der Waals surface area contributed by atoms with Gasteiger partial charge in [-0.2, -0.15) is 0 Å². The SMILES string of the molecule is O=C(c1cc(F)cc(F)c1)N1[C@@H]2CC[C@H]1C[C@@H](c1ccc(F)cc1)C2. The Kier molecular flexibility index (Phi) is 4.02. The molecule has 25 heavy (non-hydrogen) atoms. The van der Waals surface area contributed by atoms with Gasteiger partial charge in [0.05, 0.1) is 0 Å². The Labute approximate surface area is 144 Å². The molecule has 2 saturated heterocycles. The fourth-order valence-electron chi connectivity index (χ4n) is 4.34. The lowest BCUT2D eigenvalue weighted by molar-refractivity contribution is 0.0570. The Balaban J connectivity index is 1.56. The fraction of sp³-hybridized carbons (Fsp3) is 0.350. The van der Waals surface area contributed by atoms with Crippen LogP contribution in [-0.2, 0) is 0 Å². The van der Waals surface area contributed by atoms with E-state index in [1.54, 1.807) is 17.0 Å². The molecule has 2 bridgehead atoms. The summed E-state index contributed by atoms with van der Waals surface area (Å²) < 4.78 is 40.0. The Morgan fingerprint density at radius 3 is 1.96 bits per heavy atom. The third kappa shape index (κ3) is 3.03. The molecular weight excluding hydrogens is 327 g/mol. The molecule has 2 aliphatic heterocycles. The Morgan fingerprint density at radius 2 is 1.40 bits per heavy atom. The molecule has 0 saturated carbocycles. The van der Waals surface area contributed by atoms with Gasteiger partial charge in [-0.15, -0.1) is 0 Å². The lowest BCUT2D eigenvalue weighted by atomic mass is 9.85. The van der Waals surface area contributed by atoms with Crippen molar-refractivity contribution in [3.63, 3.8) is 0 Å². The highest BCUT2D eigenvalue weighted by atomic mass is 19.1. The molecule has 0 unspecified atom stereocenters. The van der Waals surface area contributed by atoms with Crippen LogP contribution in [-0.4, -0.2) is 22.9 Å². The zero-order valence-corrected chi connectivity index (χ0v) is 13.6. The second-order valence-electron chi connectivity index (χ2n) is 6.98. The van der Waals surface area contributed by atoms with E-state index in [0.29, 0.717) is 0 Å². The Hall–Kier alpha value is -2.30. The van der Waals surface area contributed by atoms with Gasteiger partial charge in [0, 0.05) is 23.7 Å². The second kappa shape index (κ2) is 6.21. The molecule has 4 rings (SSSR count). The molecule has 2 fully saturated rings. The number of carbonyl (C=O) groups excluding carboxylic acids is 1. The summed E-state index contributed by atoms with van der Waals surface area (Å²) in [5.74, 6) is -1.75.